The molecule has 0 unspecified atom stereocenters. The summed E-state index contributed by atoms with van der Waals surface area (Å²) in [5, 5.41) is 2.64. The van der Waals surface area contributed by atoms with Gasteiger partial charge in [0, 0.05) is 23.7 Å². The van der Waals surface area contributed by atoms with Gasteiger partial charge in [-0.3, -0.25) is 4.79 Å². The Morgan fingerprint density at radius 3 is 2.48 bits per heavy atom. The molecular formula is C24H30N2O5S2. The number of sulfonamides is 1. The molecule has 1 aromatic heterocycles. The lowest BCUT2D eigenvalue weighted by molar-refractivity contribution is -0.119. The number of carbonyl (C=O) groups excluding carboxylic acids is 2. The van der Waals surface area contributed by atoms with Crippen molar-refractivity contribution in [2.75, 3.05) is 25.0 Å². The van der Waals surface area contributed by atoms with Crippen molar-refractivity contribution in [3.63, 3.8) is 0 Å². The molecule has 0 bridgehead atoms. The van der Waals surface area contributed by atoms with Gasteiger partial charge in [0.25, 0.3) is 5.91 Å². The number of hydrogen-bond donors (Lipinski definition) is 1. The van der Waals surface area contributed by atoms with Gasteiger partial charge in [-0.05, 0) is 68.4 Å². The lowest BCUT2D eigenvalue weighted by Crippen LogP contribution is -2.32. The molecule has 0 spiro atoms. The predicted molar refractivity (Wildman–Crippen MR) is 128 cm³/mol. The summed E-state index contributed by atoms with van der Waals surface area (Å²) in [4.78, 5) is 26.7. The third-order valence-electron chi connectivity index (χ3n) is 6.10. The number of nitrogens with zero attached hydrogens (tertiary/aromatic N) is 1. The summed E-state index contributed by atoms with van der Waals surface area (Å²) in [7, 11) is -3.61. The van der Waals surface area contributed by atoms with Crippen molar-refractivity contribution in [2.45, 2.75) is 62.7 Å². The van der Waals surface area contributed by atoms with Crippen LogP contribution in [0.3, 0.4) is 0 Å². The van der Waals surface area contributed by atoms with E-state index in [1.54, 1.807) is 12.1 Å². The van der Waals surface area contributed by atoms with Crippen LogP contribution in [0.1, 0.15) is 65.1 Å². The van der Waals surface area contributed by atoms with Crippen LogP contribution in [0.25, 0.3) is 0 Å². The van der Waals surface area contributed by atoms with E-state index < -0.39 is 28.5 Å². The first kappa shape index (κ1) is 23.9. The summed E-state index contributed by atoms with van der Waals surface area (Å²) in [6.45, 7) is 0.604. The lowest BCUT2D eigenvalue weighted by atomic mass is 10.1. The second-order valence-electron chi connectivity index (χ2n) is 8.59. The number of carbonyl (C=O) groups is 2. The molecule has 4 rings (SSSR count). The zero-order chi connectivity index (χ0) is 23.3. The van der Waals surface area contributed by atoms with Crippen LogP contribution in [0.5, 0.6) is 0 Å². The molecule has 1 amide bonds. The van der Waals surface area contributed by atoms with Crippen LogP contribution in [-0.4, -0.2) is 44.3 Å². The number of amides is 1. The molecule has 1 aliphatic carbocycles. The maximum absolute atomic E-state index is 13.0. The molecule has 1 fully saturated rings. The molecule has 0 saturated carbocycles. The van der Waals surface area contributed by atoms with E-state index in [2.05, 4.69) is 5.32 Å². The summed E-state index contributed by atoms with van der Waals surface area (Å²) in [6, 6.07) is 8.11. The maximum Gasteiger partial charge on any atom is 0.348 e. The minimum atomic E-state index is -3.61. The fraction of sp³-hybridized carbons (Fsp3) is 0.500. The number of anilines is 1. The highest BCUT2D eigenvalue weighted by Crippen LogP contribution is 2.29. The van der Waals surface area contributed by atoms with E-state index in [-0.39, 0.29) is 4.90 Å². The average Bonchev–Trinajstić information content (AvgIpc) is 2.98. The van der Waals surface area contributed by atoms with Crippen LogP contribution in [0.4, 0.5) is 5.69 Å². The van der Waals surface area contributed by atoms with Gasteiger partial charge in [0.1, 0.15) is 4.88 Å². The first-order valence-electron chi connectivity index (χ1n) is 11.6. The molecule has 1 aromatic carbocycles. The van der Waals surface area contributed by atoms with Crippen LogP contribution in [0, 0.1) is 0 Å². The Hall–Kier alpha value is -2.23. The number of nitrogens with one attached hydrogen (secondary N) is 1. The zero-order valence-corrected chi connectivity index (χ0v) is 20.3. The van der Waals surface area contributed by atoms with Gasteiger partial charge in [-0.25, -0.2) is 13.2 Å². The van der Waals surface area contributed by atoms with Gasteiger partial charge in [0.05, 0.1) is 4.90 Å². The second-order valence-corrected chi connectivity index (χ2v) is 11.7. The fourth-order valence-corrected chi connectivity index (χ4v) is 7.04. The monoisotopic (exact) mass is 490 g/mol. The number of ether oxygens (including phenoxy) is 1. The zero-order valence-electron chi connectivity index (χ0n) is 18.7. The number of esters is 1. The van der Waals surface area contributed by atoms with E-state index in [1.165, 1.54) is 44.6 Å². The van der Waals surface area contributed by atoms with Crippen LogP contribution in [-0.2, 0) is 32.4 Å². The average molecular weight is 491 g/mol. The Morgan fingerprint density at radius 2 is 1.70 bits per heavy atom. The molecule has 9 heteroatoms. The largest absolute Gasteiger partial charge is 0.451 e. The van der Waals surface area contributed by atoms with Crippen molar-refractivity contribution >= 4 is 38.9 Å². The first-order valence-corrected chi connectivity index (χ1v) is 13.9. The van der Waals surface area contributed by atoms with Crippen LogP contribution < -0.4 is 5.32 Å². The van der Waals surface area contributed by atoms with Crippen LogP contribution in [0.15, 0.2) is 35.2 Å². The number of benzene rings is 1. The summed E-state index contributed by atoms with van der Waals surface area (Å²) in [6.07, 6.45) is 9.24. The number of aryl methyl sites for hydroxylation is 2. The summed E-state index contributed by atoms with van der Waals surface area (Å²) < 4.78 is 32.7. The standard InChI is InChI=1S/C24H30N2O5S2/c27-23(17-31-24(28)22-15-18-9-4-3-5-12-21(18)32-22)25-19-10-8-11-20(16-19)33(29,30)26-13-6-1-2-7-14-26/h8,10-11,15-16H,1-7,9,12-14,17H2,(H,25,27). The number of rotatable bonds is 6. The lowest BCUT2D eigenvalue weighted by Gasteiger charge is -2.20. The normalized spacial score (nSPS) is 17.5. The summed E-state index contributed by atoms with van der Waals surface area (Å²) >= 11 is 1.45. The topological polar surface area (TPSA) is 92.8 Å². The Bertz CT molecular complexity index is 1080. The van der Waals surface area contributed by atoms with Gasteiger partial charge >= 0.3 is 5.97 Å². The van der Waals surface area contributed by atoms with Crippen molar-refractivity contribution in [1.29, 1.82) is 0 Å². The molecule has 1 saturated heterocycles. The van der Waals surface area contributed by atoms with Crippen molar-refractivity contribution in [3.8, 4) is 0 Å². The van der Waals surface area contributed by atoms with Crippen LogP contribution in [0.2, 0.25) is 0 Å². The molecule has 1 N–H and O–H groups in total. The molecular weight excluding hydrogens is 460 g/mol. The minimum absolute atomic E-state index is 0.152. The Morgan fingerprint density at radius 1 is 0.970 bits per heavy atom. The van der Waals surface area contributed by atoms with Gasteiger partial charge in [0.15, 0.2) is 6.61 Å². The maximum atomic E-state index is 13.0. The van der Waals surface area contributed by atoms with Gasteiger partial charge in [-0.1, -0.05) is 25.3 Å². The molecule has 0 atom stereocenters. The second kappa shape index (κ2) is 10.8. The highest BCUT2D eigenvalue weighted by molar-refractivity contribution is 7.89. The Labute approximate surface area is 199 Å². The molecule has 0 radical (unpaired) electrons. The number of thiophene rings is 1. The van der Waals surface area contributed by atoms with Gasteiger partial charge in [-0.2, -0.15) is 4.31 Å². The van der Waals surface area contributed by atoms with Crippen molar-refractivity contribution in [3.05, 3.63) is 45.6 Å². The molecule has 2 aliphatic rings. The minimum Gasteiger partial charge on any atom is -0.451 e. The smallest absolute Gasteiger partial charge is 0.348 e. The van der Waals surface area contributed by atoms with E-state index in [0.29, 0.717) is 23.7 Å². The van der Waals surface area contributed by atoms with Crippen molar-refractivity contribution in [1.82, 2.24) is 4.31 Å². The third kappa shape index (κ3) is 6.02. The molecule has 178 valence electrons. The molecule has 33 heavy (non-hydrogen) atoms. The SMILES string of the molecule is O=C(COC(=O)c1cc2c(s1)CCCCC2)Nc1cccc(S(=O)(=O)N2CCCCCC2)c1. The van der Waals surface area contributed by atoms with E-state index in [1.807, 2.05) is 6.07 Å². The molecule has 2 aromatic rings. The third-order valence-corrected chi connectivity index (χ3v) is 9.21. The fourth-order valence-electron chi connectivity index (χ4n) is 4.33. The number of hydrogen-bond acceptors (Lipinski definition) is 6. The molecule has 7 nitrogen and oxygen atoms in total. The predicted octanol–water partition coefficient (Wildman–Crippen LogP) is 4.38. The van der Waals surface area contributed by atoms with E-state index in [9.17, 15) is 18.0 Å². The summed E-state index contributed by atoms with van der Waals surface area (Å²) in [5.74, 6) is -1.01. The van der Waals surface area contributed by atoms with Crippen molar-refractivity contribution in [2.24, 2.45) is 0 Å². The van der Waals surface area contributed by atoms with Gasteiger partial charge in [-0.15, -0.1) is 11.3 Å². The van der Waals surface area contributed by atoms with Gasteiger partial charge < -0.3 is 10.1 Å². The molecule has 1 aliphatic heterocycles. The van der Waals surface area contributed by atoms with E-state index in [0.717, 1.165) is 51.4 Å². The van der Waals surface area contributed by atoms with Crippen molar-refractivity contribution < 1.29 is 22.7 Å². The highest BCUT2D eigenvalue weighted by Gasteiger charge is 2.25. The first-order chi connectivity index (χ1) is 15.9. The number of fused-ring (bicyclic) bond motifs is 1. The van der Waals surface area contributed by atoms with E-state index in [4.69, 9.17) is 4.74 Å². The molecule has 2 heterocycles. The summed E-state index contributed by atoms with van der Waals surface area (Å²) in [5.41, 5.74) is 1.58. The Kier molecular flexibility index (Phi) is 7.82. The van der Waals surface area contributed by atoms with Crippen LogP contribution >= 0.6 is 11.3 Å². The van der Waals surface area contributed by atoms with Gasteiger partial charge in [0.2, 0.25) is 10.0 Å². The quantitative estimate of drug-likeness (QED) is 0.479. The van der Waals surface area contributed by atoms with E-state index >= 15 is 0 Å². The highest BCUT2D eigenvalue weighted by atomic mass is 32.2. The Balaban J connectivity index is 1.34.